The summed E-state index contributed by atoms with van der Waals surface area (Å²) in [7, 11) is 1.77. The molecule has 0 aliphatic carbocycles. The molecule has 5 rings (SSSR count). The zero-order chi connectivity index (χ0) is 25.3. The Bertz CT molecular complexity index is 1350. The monoisotopic (exact) mass is 494 g/mol. The van der Waals surface area contributed by atoms with Crippen LogP contribution in [-0.2, 0) is 35.4 Å². The van der Waals surface area contributed by atoms with Crippen LogP contribution in [0.1, 0.15) is 47.7 Å². The smallest absolute Gasteiger partial charge is 0.250 e. The van der Waals surface area contributed by atoms with Gasteiger partial charge >= 0.3 is 0 Å². The summed E-state index contributed by atoms with van der Waals surface area (Å²) in [6.07, 6.45) is 5.29. The van der Waals surface area contributed by atoms with Crippen LogP contribution in [-0.4, -0.2) is 39.9 Å². The van der Waals surface area contributed by atoms with Gasteiger partial charge < -0.3 is 14.1 Å². The van der Waals surface area contributed by atoms with E-state index in [4.69, 9.17) is 9.57 Å². The first-order valence-electron chi connectivity index (χ1n) is 12.1. The summed E-state index contributed by atoms with van der Waals surface area (Å²) in [5, 5.41) is 4.11. The van der Waals surface area contributed by atoms with E-state index in [9.17, 15) is 13.6 Å². The van der Waals surface area contributed by atoms with Crippen molar-refractivity contribution in [3.05, 3.63) is 98.7 Å². The molecule has 4 heterocycles. The van der Waals surface area contributed by atoms with E-state index in [1.54, 1.807) is 30.8 Å². The van der Waals surface area contributed by atoms with Crippen molar-refractivity contribution in [3.63, 3.8) is 0 Å². The van der Waals surface area contributed by atoms with Crippen LogP contribution >= 0.6 is 0 Å². The van der Waals surface area contributed by atoms with Crippen LogP contribution in [0, 0.1) is 11.6 Å². The number of aromatic nitrogens is 2. The zero-order valence-corrected chi connectivity index (χ0v) is 20.3. The van der Waals surface area contributed by atoms with Gasteiger partial charge in [0.25, 0.3) is 5.56 Å². The lowest BCUT2D eigenvalue weighted by molar-refractivity contribution is -0.0802. The van der Waals surface area contributed by atoms with Crippen LogP contribution in [0.2, 0.25) is 0 Å². The molecule has 9 heteroatoms. The topological polar surface area (TPSA) is 69.0 Å². The summed E-state index contributed by atoms with van der Waals surface area (Å²) in [4.78, 5) is 24.1. The third-order valence-corrected chi connectivity index (χ3v) is 6.93. The minimum Gasteiger partial charge on any atom is -0.396 e. The molecule has 188 valence electrons. The maximum atomic E-state index is 13.8. The number of pyridine rings is 2. The summed E-state index contributed by atoms with van der Waals surface area (Å²) < 4.78 is 35.1. The Morgan fingerprint density at radius 1 is 1.14 bits per heavy atom. The van der Waals surface area contributed by atoms with Crippen molar-refractivity contribution in [2.75, 3.05) is 19.7 Å². The lowest BCUT2D eigenvalue weighted by Crippen LogP contribution is -2.42. The van der Waals surface area contributed by atoms with E-state index in [0.717, 1.165) is 54.9 Å². The molecule has 1 fully saturated rings. The fourth-order valence-electron chi connectivity index (χ4n) is 4.91. The van der Waals surface area contributed by atoms with Gasteiger partial charge in [-0.25, -0.2) is 8.78 Å². The Hall–Kier alpha value is -3.43. The normalized spacial score (nSPS) is 17.4. The summed E-state index contributed by atoms with van der Waals surface area (Å²) in [6, 6.07) is 9.11. The second kappa shape index (κ2) is 9.91. The molecule has 0 amide bonds. The van der Waals surface area contributed by atoms with E-state index < -0.39 is 11.6 Å². The maximum Gasteiger partial charge on any atom is 0.250 e. The second-order valence-corrected chi connectivity index (χ2v) is 9.25. The Morgan fingerprint density at radius 3 is 2.61 bits per heavy atom. The van der Waals surface area contributed by atoms with Crippen molar-refractivity contribution in [1.29, 1.82) is 0 Å². The summed E-state index contributed by atoms with van der Waals surface area (Å²) >= 11 is 0. The fourth-order valence-corrected chi connectivity index (χ4v) is 4.91. The quantitative estimate of drug-likeness (QED) is 0.385. The number of likely N-dealkylation sites (tertiary alicyclic amines) is 1. The van der Waals surface area contributed by atoms with Crippen LogP contribution in [0.4, 0.5) is 8.78 Å². The van der Waals surface area contributed by atoms with Crippen LogP contribution in [0.5, 0.6) is 0 Å². The molecule has 1 saturated heterocycles. The number of ether oxygens (including phenoxy) is 1. The molecule has 0 radical (unpaired) electrons. The van der Waals surface area contributed by atoms with Crippen LogP contribution in [0.3, 0.4) is 0 Å². The van der Waals surface area contributed by atoms with Gasteiger partial charge in [0.15, 0.2) is 11.6 Å². The van der Waals surface area contributed by atoms with E-state index in [1.165, 1.54) is 6.07 Å². The van der Waals surface area contributed by atoms with Crippen molar-refractivity contribution in [3.8, 4) is 0 Å². The number of halogens is 2. The third kappa shape index (κ3) is 4.68. The number of oxime groups is 1. The Kier molecular flexibility index (Phi) is 6.68. The molecule has 36 heavy (non-hydrogen) atoms. The maximum absolute atomic E-state index is 13.8. The Balaban J connectivity index is 1.27. The minimum atomic E-state index is -0.944. The number of nitrogens with zero attached hydrogens (tertiary/aromatic N) is 4. The molecular weight excluding hydrogens is 466 g/mol. The lowest BCUT2D eigenvalue weighted by Gasteiger charge is -2.39. The van der Waals surface area contributed by atoms with Crippen molar-refractivity contribution in [2.24, 2.45) is 12.2 Å². The standard InChI is InChI=1S/C27H28F2N4O3/c1-3-36-31-26(18-5-7-23(28)24(29)12-18)19-4-6-21(30-14-19)15-33-10-8-27(9-11-33)22-16-32(2)25(34)13-20(22)17-35-27/h4-7,12-14,16H,3,8-11,15,17H2,1-2H3/b31-26+. The van der Waals surface area contributed by atoms with E-state index in [1.807, 2.05) is 18.3 Å². The van der Waals surface area contributed by atoms with E-state index >= 15 is 0 Å². The van der Waals surface area contributed by atoms with Gasteiger partial charge in [-0.2, -0.15) is 0 Å². The number of hydrogen-bond donors (Lipinski definition) is 0. The highest BCUT2D eigenvalue weighted by molar-refractivity contribution is 6.12. The van der Waals surface area contributed by atoms with Crippen molar-refractivity contribution >= 4 is 5.71 Å². The van der Waals surface area contributed by atoms with E-state index in [-0.39, 0.29) is 11.2 Å². The molecule has 2 aliphatic heterocycles. The van der Waals surface area contributed by atoms with Gasteiger partial charge in [-0.1, -0.05) is 5.16 Å². The van der Waals surface area contributed by atoms with E-state index in [0.29, 0.717) is 36.6 Å². The average Bonchev–Trinajstić information content (AvgIpc) is 3.20. The first-order chi connectivity index (χ1) is 17.4. The van der Waals surface area contributed by atoms with Crippen molar-refractivity contribution < 1.29 is 18.4 Å². The molecule has 1 aromatic carbocycles. The minimum absolute atomic E-state index is 0.0135. The predicted octanol–water partition coefficient (Wildman–Crippen LogP) is 3.87. The molecule has 0 unspecified atom stereocenters. The fraction of sp³-hybridized carbons (Fsp3) is 0.370. The lowest BCUT2D eigenvalue weighted by atomic mass is 9.84. The van der Waals surface area contributed by atoms with Gasteiger partial charge in [-0.15, -0.1) is 0 Å². The number of rotatable bonds is 6. The highest BCUT2D eigenvalue weighted by Gasteiger charge is 2.43. The van der Waals surface area contributed by atoms with Gasteiger partial charge in [-0.3, -0.25) is 14.7 Å². The second-order valence-electron chi connectivity index (χ2n) is 9.25. The number of benzene rings is 1. The Morgan fingerprint density at radius 2 is 1.92 bits per heavy atom. The summed E-state index contributed by atoms with van der Waals surface area (Å²) in [5.74, 6) is -1.86. The molecule has 0 bridgehead atoms. The van der Waals surface area contributed by atoms with Crippen molar-refractivity contribution in [2.45, 2.75) is 38.5 Å². The largest absolute Gasteiger partial charge is 0.396 e. The van der Waals surface area contributed by atoms with Gasteiger partial charge in [-0.05, 0) is 55.7 Å². The molecule has 0 saturated carbocycles. The highest BCUT2D eigenvalue weighted by atomic mass is 19.2. The van der Waals surface area contributed by atoms with Gasteiger partial charge in [0.2, 0.25) is 0 Å². The first kappa shape index (κ1) is 24.3. The van der Waals surface area contributed by atoms with Gasteiger partial charge in [0, 0.05) is 61.8 Å². The summed E-state index contributed by atoms with van der Waals surface area (Å²) in [5.41, 5.74) is 4.13. The third-order valence-electron chi connectivity index (χ3n) is 6.93. The molecule has 7 nitrogen and oxygen atoms in total. The SMILES string of the molecule is CCO/N=C(/c1ccc(CN2CCC3(CC2)OCc2cc(=O)n(C)cc23)nc1)c1ccc(F)c(F)c1. The van der Waals surface area contributed by atoms with Crippen LogP contribution in [0.15, 0.2) is 58.7 Å². The molecule has 0 atom stereocenters. The molecule has 2 aliphatic rings. The van der Waals surface area contributed by atoms with Crippen LogP contribution in [0.25, 0.3) is 0 Å². The highest BCUT2D eigenvalue weighted by Crippen LogP contribution is 2.43. The Labute approximate surface area is 208 Å². The predicted molar refractivity (Wildman–Crippen MR) is 131 cm³/mol. The number of fused-ring (bicyclic) bond motifs is 2. The average molecular weight is 495 g/mol. The summed E-state index contributed by atoms with van der Waals surface area (Å²) in [6.45, 7) is 5.00. The molecule has 2 aromatic heterocycles. The first-order valence-corrected chi connectivity index (χ1v) is 12.1. The number of piperidine rings is 1. The zero-order valence-electron chi connectivity index (χ0n) is 20.3. The van der Waals surface area contributed by atoms with Gasteiger partial charge in [0.1, 0.15) is 12.3 Å². The van der Waals surface area contributed by atoms with Crippen LogP contribution < -0.4 is 5.56 Å². The molecule has 3 aromatic rings. The number of aryl methyl sites for hydroxylation is 1. The molecule has 1 spiro atoms. The molecule has 0 N–H and O–H groups in total. The van der Waals surface area contributed by atoms with Crippen molar-refractivity contribution in [1.82, 2.24) is 14.5 Å². The number of hydrogen-bond acceptors (Lipinski definition) is 6. The van der Waals surface area contributed by atoms with E-state index in [2.05, 4.69) is 15.0 Å². The molecular formula is C27H28F2N4O3. The van der Waals surface area contributed by atoms with Gasteiger partial charge in [0.05, 0.1) is 17.9 Å².